The van der Waals surface area contributed by atoms with Crippen LogP contribution in [0.4, 0.5) is 0 Å². The predicted octanol–water partition coefficient (Wildman–Crippen LogP) is 14.5. The molecule has 0 aliphatic heterocycles. The molecule has 0 unspecified atom stereocenters. The van der Waals surface area contributed by atoms with Gasteiger partial charge in [0.15, 0.2) is 5.78 Å². The zero-order valence-electron chi connectivity index (χ0n) is 34.9. The Kier molecular flexibility index (Phi) is 16.2. The molecule has 54 heavy (non-hydrogen) atoms. The Labute approximate surface area is 341 Å². The number of pyridine rings is 1. The molecular formula is C50H68IrNO2-. The topological polar surface area (TPSA) is 50.2 Å². The summed E-state index contributed by atoms with van der Waals surface area (Å²) in [7, 11) is 0. The molecule has 1 radical (unpaired) electrons. The Hall–Kier alpha value is -2.81. The quantitative estimate of drug-likeness (QED) is 0.0980. The van der Waals surface area contributed by atoms with Gasteiger partial charge in [0.1, 0.15) is 0 Å². The van der Waals surface area contributed by atoms with Crippen LogP contribution in [0.2, 0.25) is 0 Å². The second-order valence-corrected chi connectivity index (χ2v) is 17.5. The molecule has 1 N–H and O–H groups in total. The fraction of sp³-hybridized carbons (Fsp3) is 0.560. The van der Waals surface area contributed by atoms with Gasteiger partial charge in [0, 0.05) is 49.1 Å². The standard InChI is InChI=1S/C37H44N.C13H24O2.Ir/c1-24-19-25(2)36-32(28-17-15-27(16-18-28)26-11-7-6-8-12-26)23-34(38-35(36)20-24)30-21-29-13-9-10-14-31(29)33(22-30)37(3,4)5;1-5-10(6-2)12(14)9-13(15)11(7-3)8-4;/h9-10,13-14,19-20,22-23,26-28H,6-8,11-12,15-18H2,1-5H3;9-11,14H,5-8H2,1-4H3;/q-1;;/b;12-9-;. The molecule has 2 aliphatic carbocycles. The van der Waals surface area contributed by atoms with Gasteiger partial charge in [-0.1, -0.05) is 122 Å². The molecule has 0 bridgehead atoms. The maximum Gasteiger partial charge on any atom is 0.162 e. The van der Waals surface area contributed by atoms with Crippen LogP contribution in [0.3, 0.4) is 0 Å². The monoisotopic (exact) mass is 907 g/mol. The van der Waals surface area contributed by atoms with E-state index in [0.29, 0.717) is 5.92 Å². The molecule has 0 atom stereocenters. The number of hydrogen-bond acceptors (Lipinski definition) is 3. The Morgan fingerprint density at radius 2 is 1.44 bits per heavy atom. The number of benzene rings is 3. The second kappa shape index (κ2) is 19.9. The number of rotatable bonds is 10. The van der Waals surface area contributed by atoms with Crippen molar-refractivity contribution in [3.05, 3.63) is 88.7 Å². The summed E-state index contributed by atoms with van der Waals surface area (Å²) >= 11 is 0. The van der Waals surface area contributed by atoms with Gasteiger partial charge in [-0.05, 0) is 111 Å². The average Bonchev–Trinajstić information content (AvgIpc) is 3.15. The van der Waals surface area contributed by atoms with E-state index in [1.807, 2.05) is 27.7 Å². The van der Waals surface area contributed by atoms with Crippen molar-refractivity contribution in [2.45, 2.75) is 157 Å². The number of ketones is 1. The van der Waals surface area contributed by atoms with Gasteiger partial charge < -0.3 is 5.11 Å². The minimum atomic E-state index is 0. The van der Waals surface area contributed by atoms with Crippen molar-refractivity contribution in [2.24, 2.45) is 23.7 Å². The number of fused-ring (bicyclic) bond motifs is 2. The minimum Gasteiger partial charge on any atom is -0.512 e. The molecular weight excluding hydrogens is 839 g/mol. The van der Waals surface area contributed by atoms with Gasteiger partial charge in [0.2, 0.25) is 0 Å². The zero-order chi connectivity index (χ0) is 38.3. The number of aliphatic hydroxyl groups excluding tert-OH is 1. The molecule has 2 saturated carbocycles. The van der Waals surface area contributed by atoms with Crippen LogP contribution in [-0.2, 0) is 30.3 Å². The maximum atomic E-state index is 11.7. The van der Waals surface area contributed by atoms with E-state index in [2.05, 4.69) is 89.2 Å². The third kappa shape index (κ3) is 10.5. The first-order valence-electron chi connectivity index (χ1n) is 21.2. The predicted molar refractivity (Wildman–Crippen MR) is 227 cm³/mol. The molecule has 3 nitrogen and oxygen atoms in total. The first-order chi connectivity index (χ1) is 25.4. The molecule has 1 aromatic heterocycles. The molecule has 4 heteroatoms. The van der Waals surface area contributed by atoms with E-state index in [0.717, 1.165) is 54.3 Å². The SMILES string of the molecule is CCC(CC)C(=O)/C=C(\O)C(CC)CC.Cc1cc(C)c2c(C3CCC(C4CCCCC4)CC3)cc(-c3[c-]c4ccccc4c(C(C)(C)C)c3)nc2c1.[Ir]. The van der Waals surface area contributed by atoms with Crippen molar-refractivity contribution in [1.29, 1.82) is 0 Å². The van der Waals surface area contributed by atoms with Crippen molar-refractivity contribution >= 4 is 27.5 Å². The number of carbonyl (C=O) groups is 1. The van der Waals surface area contributed by atoms with Crippen molar-refractivity contribution in [3.8, 4) is 11.3 Å². The molecule has 0 saturated heterocycles. The summed E-state index contributed by atoms with van der Waals surface area (Å²) < 4.78 is 0. The fourth-order valence-electron chi connectivity index (χ4n) is 9.53. The van der Waals surface area contributed by atoms with Crippen LogP contribution in [0.1, 0.15) is 160 Å². The fourth-order valence-corrected chi connectivity index (χ4v) is 9.53. The maximum absolute atomic E-state index is 11.7. The van der Waals surface area contributed by atoms with E-state index >= 15 is 0 Å². The normalized spacial score (nSPS) is 18.5. The van der Waals surface area contributed by atoms with Gasteiger partial charge in [-0.25, -0.2) is 0 Å². The van der Waals surface area contributed by atoms with Crippen LogP contribution < -0.4 is 0 Å². The zero-order valence-corrected chi connectivity index (χ0v) is 37.3. The Balaban J connectivity index is 0.000000347. The molecule has 3 aromatic carbocycles. The van der Waals surface area contributed by atoms with E-state index in [-0.39, 0.29) is 48.9 Å². The summed E-state index contributed by atoms with van der Waals surface area (Å²) in [6.07, 6.45) is 17.7. The number of aliphatic hydroxyl groups is 1. The first-order valence-corrected chi connectivity index (χ1v) is 21.2. The molecule has 2 aliphatic rings. The van der Waals surface area contributed by atoms with E-state index in [1.165, 1.54) is 102 Å². The summed E-state index contributed by atoms with van der Waals surface area (Å²) in [4.78, 5) is 17.0. The van der Waals surface area contributed by atoms with Gasteiger partial charge in [0.05, 0.1) is 11.3 Å². The third-order valence-electron chi connectivity index (χ3n) is 12.8. The number of aromatic nitrogens is 1. The van der Waals surface area contributed by atoms with Crippen LogP contribution in [0.15, 0.2) is 60.4 Å². The van der Waals surface area contributed by atoms with Crippen molar-refractivity contribution < 1.29 is 30.0 Å². The number of hydrogen-bond donors (Lipinski definition) is 1. The Morgan fingerprint density at radius 1 is 0.833 bits per heavy atom. The summed E-state index contributed by atoms with van der Waals surface area (Å²) in [6.45, 7) is 19.5. The molecule has 4 aromatic rings. The van der Waals surface area contributed by atoms with E-state index < -0.39 is 0 Å². The van der Waals surface area contributed by atoms with Crippen LogP contribution in [0, 0.1) is 43.6 Å². The van der Waals surface area contributed by atoms with Gasteiger partial charge in [-0.15, -0.1) is 29.1 Å². The van der Waals surface area contributed by atoms with Gasteiger partial charge >= 0.3 is 0 Å². The molecule has 295 valence electrons. The molecule has 0 spiro atoms. The summed E-state index contributed by atoms with van der Waals surface area (Å²) in [6, 6.07) is 22.0. The van der Waals surface area contributed by atoms with Gasteiger partial charge in [0.25, 0.3) is 0 Å². The molecule has 2 fully saturated rings. The number of carbonyl (C=O) groups excluding carboxylic acids is 1. The van der Waals surface area contributed by atoms with Gasteiger partial charge in [-0.3, -0.25) is 9.78 Å². The number of aryl methyl sites for hydroxylation is 2. The largest absolute Gasteiger partial charge is 0.512 e. The van der Waals surface area contributed by atoms with E-state index in [4.69, 9.17) is 4.98 Å². The summed E-state index contributed by atoms with van der Waals surface area (Å²) in [5, 5.41) is 13.6. The van der Waals surface area contributed by atoms with Crippen molar-refractivity contribution in [1.82, 2.24) is 4.98 Å². The minimum absolute atomic E-state index is 0. The average molecular weight is 907 g/mol. The second-order valence-electron chi connectivity index (χ2n) is 17.5. The van der Waals surface area contributed by atoms with Gasteiger partial charge in [-0.2, -0.15) is 0 Å². The van der Waals surface area contributed by atoms with Crippen LogP contribution in [0.25, 0.3) is 32.9 Å². The Bertz CT molecular complexity index is 1860. The summed E-state index contributed by atoms with van der Waals surface area (Å²) in [5.74, 6) is 3.11. The van der Waals surface area contributed by atoms with E-state index in [1.54, 1.807) is 0 Å². The van der Waals surface area contributed by atoms with Crippen LogP contribution in [0.5, 0.6) is 0 Å². The number of allylic oxidation sites excluding steroid dienone is 2. The van der Waals surface area contributed by atoms with Crippen LogP contribution in [-0.4, -0.2) is 15.9 Å². The van der Waals surface area contributed by atoms with E-state index in [9.17, 15) is 9.90 Å². The smallest absolute Gasteiger partial charge is 0.162 e. The molecule has 0 amide bonds. The Morgan fingerprint density at radius 3 is 2.06 bits per heavy atom. The van der Waals surface area contributed by atoms with Crippen molar-refractivity contribution in [3.63, 3.8) is 0 Å². The first kappa shape index (κ1) is 43.9. The molecule has 1 heterocycles. The van der Waals surface area contributed by atoms with Crippen molar-refractivity contribution in [2.75, 3.05) is 0 Å². The molecule has 6 rings (SSSR count). The number of nitrogens with zero attached hydrogens (tertiary/aromatic N) is 1. The third-order valence-corrected chi connectivity index (χ3v) is 12.8. The van der Waals surface area contributed by atoms with Crippen LogP contribution >= 0.6 is 0 Å². The summed E-state index contributed by atoms with van der Waals surface area (Å²) in [5.41, 5.74) is 9.00.